The van der Waals surface area contributed by atoms with E-state index in [2.05, 4.69) is 26.6 Å². The topological polar surface area (TPSA) is 173 Å². The Morgan fingerprint density at radius 2 is 1.75 bits per heavy atom. The quantitative estimate of drug-likeness (QED) is 0.103. The third-order valence-electron chi connectivity index (χ3n) is 9.58. The van der Waals surface area contributed by atoms with Crippen LogP contribution < -0.4 is 17.0 Å². The second-order valence-corrected chi connectivity index (χ2v) is 19.8. The standard InChI is InChI=1S/C30H50N6O7Si/c1-6-7-14-33-24(37)22(23(31)32)25(38)36(28(33)41)21-8-10-29(2,11-9-21)19-35-27(40)34(20-43-17-18-44(3,4)5)26(39)30(35)12-15-42-16-13-30/h21,37H,6-20H2,1-5H3,(H3,31,32). The van der Waals surface area contributed by atoms with Crippen LogP contribution >= 0.6 is 0 Å². The first-order valence-corrected chi connectivity index (χ1v) is 19.6. The fourth-order valence-electron chi connectivity index (χ4n) is 6.67. The van der Waals surface area contributed by atoms with Gasteiger partial charge < -0.3 is 25.2 Å². The highest BCUT2D eigenvalue weighted by molar-refractivity contribution is 6.76. The van der Waals surface area contributed by atoms with Crippen molar-refractivity contribution >= 4 is 25.8 Å². The smallest absolute Gasteiger partial charge is 0.334 e. The van der Waals surface area contributed by atoms with Gasteiger partial charge in [-0.3, -0.25) is 24.1 Å². The Balaban J connectivity index is 1.54. The fraction of sp³-hybridized carbons (Fsp3) is 0.767. The first kappa shape index (κ1) is 33.9. The monoisotopic (exact) mass is 634 g/mol. The zero-order chi connectivity index (χ0) is 32.4. The van der Waals surface area contributed by atoms with Crippen LogP contribution in [0.4, 0.5) is 4.79 Å². The van der Waals surface area contributed by atoms with Crippen LogP contribution in [0.5, 0.6) is 5.88 Å². The van der Waals surface area contributed by atoms with Crippen LogP contribution in [0, 0.1) is 10.8 Å². The van der Waals surface area contributed by atoms with Gasteiger partial charge in [0.2, 0.25) is 5.88 Å². The van der Waals surface area contributed by atoms with Gasteiger partial charge in [0, 0.05) is 59.9 Å². The molecular weight excluding hydrogens is 584 g/mol. The molecular formula is C30H50N6O7Si. The lowest BCUT2D eigenvalue weighted by atomic mass is 9.72. The van der Waals surface area contributed by atoms with Crippen molar-refractivity contribution in [2.45, 2.75) is 109 Å². The van der Waals surface area contributed by atoms with Crippen LogP contribution in [0.3, 0.4) is 0 Å². The first-order chi connectivity index (χ1) is 20.7. The summed E-state index contributed by atoms with van der Waals surface area (Å²) in [4.78, 5) is 57.4. The molecule has 1 saturated carbocycles. The van der Waals surface area contributed by atoms with Crippen LogP contribution in [0.15, 0.2) is 9.59 Å². The van der Waals surface area contributed by atoms with Crippen LogP contribution in [0.1, 0.15) is 76.8 Å². The summed E-state index contributed by atoms with van der Waals surface area (Å²) in [6.45, 7) is 12.6. The average molecular weight is 635 g/mol. The zero-order valence-corrected chi connectivity index (χ0v) is 27.9. The summed E-state index contributed by atoms with van der Waals surface area (Å²) in [5, 5.41) is 18.5. The van der Waals surface area contributed by atoms with Gasteiger partial charge in [0.25, 0.3) is 11.5 Å². The molecule has 0 aromatic carbocycles. The van der Waals surface area contributed by atoms with Crippen molar-refractivity contribution in [2.24, 2.45) is 11.1 Å². The van der Waals surface area contributed by atoms with Crippen molar-refractivity contribution in [3.63, 3.8) is 0 Å². The largest absolute Gasteiger partial charge is 0.494 e. The highest BCUT2D eigenvalue weighted by Gasteiger charge is 2.59. The molecule has 246 valence electrons. The highest BCUT2D eigenvalue weighted by atomic mass is 28.3. The van der Waals surface area contributed by atoms with Crippen LogP contribution in [0.25, 0.3) is 0 Å². The minimum atomic E-state index is -1.33. The van der Waals surface area contributed by atoms with Gasteiger partial charge in [-0.2, -0.15) is 0 Å². The second-order valence-electron chi connectivity index (χ2n) is 14.2. The summed E-state index contributed by atoms with van der Waals surface area (Å²) >= 11 is 0. The molecule has 3 amide bonds. The molecule has 44 heavy (non-hydrogen) atoms. The van der Waals surface area contributed by atoms with Crippen molar-refractivity contribution in [3.05, 3.63) is 26.4 Å². The summed E-state index contributed by atoms with van der Waals surface area (Å²) in [5.41, 5.74) is 2.62. The van der Waals surface area contributed by atoms with Gasteiger partial charge in [0.1, 0.15) is 23.7 Å². The molecule has 3 aliphatic rings. The molecule has 3 heterocycles. The van der Waals surface area contributed by atoms with E-state index in [1.165, 1.54) is 4.90 Å². The number of imide groups is 1. The molecule has 1 spiro atoms. The lowest BCUT2D eigenvalue weighted by Crippen LogP contribution is -2.56. The van der Waals surface area contributed by atoms with Gasteiger partial charge in [-0.05, 0) is 43.6 Å². The van der Waals surface area contributed by atoms with Gasteiger partial charge in [-0.1, -0.05) is 39.9 Å². The average Bonchev–Trinajstić information content (AvgIpc) is 3.12. The molecule has 2 aliphatic heterocycles. The maximum absolute atomic E-state index is 13.8. The number of nitrogens with zero attached hydrogens (tertiary/aromatic N) is 4. The molecule has 0 bridgehead atoms. The van der Waals surface area contributed by atoms with E-state index in [0.29, 0.717) is 71.3 Å². The van der Waals surface area contributed by atoms with Crippen molar-refractivity contribution in [1.29, 1.82) is 5.41 Å². The number of carbonyl (C=O) groups excluding carboxylic acids is 2. The van der Waals surface area contributed by atoms with Crippen LogP contribution in [-0.4, -0.2) is 88.5 Å². The number of aromatic nitrogens is 2. The van der Waals surface area contributed by atoms with Crippen LogP contribution in [-0.2, 0) is 20.8 Å². The second kappa shape index (κ2) is 13.2. The van der Waals surface area contributed by atoms with E-state index >= 15 is 0 Å². The Labute approximate surface area is 259 Å². The number of ether oxygens (including phenoxy) is 2. The van der Waals surface area contributed by atoms with Crippen molar-refractivity contribution in [3.8, 4) is 5.88 Å². The number of aromatic hydroxyl groups is 1. The van der Waals surface area contributed by atoms with Gasteiger partial charge >= 0.3 is 11.7 Å². The van der Waals surface area contributed by atoms with Gasteiger partial charge in [-0.25, -0.2) is 14.5 Å². The molecule has 0 radical (unpaired) electrons. The van der Waals surface area contributed by atoms with E-state index in [1.807, 2.05) is 6.92 Å². The summed E-state index contributed by atoms with van der Waals surface area (Å²) in [6.07, 6.45) is 4.41. The molecule has 0 atom stereocenters. The first-order valence-electron chi connectivity index (χ1n) is 15.9. The number of nitrogens with two attached hydrogens (primary N) is 1. The number of amidine groups is 1. The van der Waals surface area contributed by atoms with E-state index in [1.54, 1.807) is 4.90 Å². The summed E-state index contributed by atoms with van der Waals surface area (Å²) in [6, 6.07) is 0.152. The Kier molecular flexibility index (Phi) is 10.2. The van der Waals surface area contributed by atoms with E-state index in [9.17, 15) is 24.3 Å². The summed E-state index contributed by atoms with van der Waals surface area (Å²) < 4.78 is 13.7. The summed E-state index contributed by atoms with van der Waals surface area (Å²) in [7, 11) is -1.33. The number of hydrogen-bond acceptors (Lipinski definition) is 8. The van der Waals surface area contributed by atoms with Crippen molar-refractivity contribution in [1.82, 2.24) is 18.9 Å². The van der Waals surface area contributed by atoms with Crippen molar-refractivity contribution in [2.75, 3.05) is 33.1 Å². The Hall–Kier alpha value is -2.97. The highest BCUT2D eigenvalue weighted by Crippen LogP contribution is 2.45. The third kappa shape index (κ3) is 6.66. The molecule has 4 rings (SSSR count). The molecule has 1 aromatic heterocycles. The van der Waals surface area contributed by atoms with E-state index < -0.39 is 42.6 Å². The minimum Gasteiger partial charge on any atom is -0.494 e. The van der Waals surface area contributed by atoms with E-state index in [0.717, 1.165) is 21.6 Å². The van der Waals surface area contributed by atoms with Gasteiger partial charge in [-0.15, -0.1) is 0 Å². The number of amides is 3. The Morgan fingerprint density at radius 1 is 1.11 bits per heavy atom. The molecule has 0 unspecified atom stereocenters. The third-order valence-corrected chi connectivity index (χ3v) is 11.3. The maximum Gasteiger partial charge on any atom is 0.334 e. The minimum absolute atomic E-state index is 0.0629. The molecule has 3 fully saturated rings. The van der Waals surface area contributed by atoms with E-state index in [-0.39, 0.29) is 36.2 Å². The number of unbranched alkanes of at least 4 members (excludes halogenated alkanes) is 1. The number of rotatable bonds is 12. The Morgan fingerprint density at radius 3 is 2.32 bits per heavy atom. The fourth-order valence-corrected chi connectivity index (χ4v) is 7.43. The van der Waals surface area contributed by atoms with Crippen LogP contribution in [0.2, 0.25) is 25.7 Å². The lowest BCUT2D eigenvalue weighted by molar-refractivity contribution is -0.141. The zero-order valence-electron chi connectivity index (χ0n) is 26.9. The predicted molar refractivity (Wildman–Crippen MR) is 169 cm³/mol. The van der Waals surface area contributed by atoms with E-state index in [4.69, 9.17) is 20.6 Å². The molecule has 14 heteroatoms. The lowest BCUT2D eigenvalue weighted by Gasteiger charge is -2.45. The number of hydrogen-bond donors (Lipinski definition) is 3. The Bertz CT molecular complexity index is 1370. The molecule has 2 saturated heterocycles. The molecule has 1 aromatic rings. The maximum atomic E-state index is 13.8. The van der Waals surface area contributed by atoms with Gasteiger partial charge in [0.05, 0.1) is 0 Å². The number of carbonyl (C=O) groups is 2. The number of nitrogens with one attached hydrogen (secondary N) is 1. The normalized spacial score (nSPS) is 24.0. The van der Waals surface area contributed by atoms with Crippen molar-refractivity contribution < 1.29 is 24.2 Å². The number of urea groups is 1. The summed E-state index contributed by atoms with van der Waals surface area (Å²) in [5.74, 6) is -1.37. The predicted octanol–water partition coefficient (Wildman–Crippen LogP) is 3.05. The SMILES string of the molecule is CCCCn1c(O)c(C(=N)N)c(=O)n(C2CCC(C)(CN3C(=O)N(COCC[Si](C)(C)C)C(=O)C34CCOCC4)CC2)c1=O. The molecule has 4 N–H and O–H groups in total. The molecule has 13 nitrogen and oxygen atoms in total. The van der Waals surface area contributed by atoms with Gasteiger partial charge in [0.15, 0.2) is 0 Å². The molecule has 1 aliphatic carbocycles. The number of nitrogen functional groups attached to an aromatic ring is 1.